The lowest BCUT2D eigenvalue weighted by molar-refractivity contribution is 0.102. The average molecular weight is 377 g/mol. The molecular weight excluding hydrogens is 362 g/mol. The number of methoxy groups -OCH3 is 1. The fourth-order valence-electron chi connectivity index (χ4n) is 2.73. The number of para-hydroxylation sites is 1. The van der Waals surface area contributed by atoms with Crippen molar-refractivity contribution in [2.45, 2.75) is 6.92 Å². The Kier molecular flexibility index (Phi) is 4.32. The smallest absolute Gasteiger partial charge is 0.349 e. The number of anilines is 1. The second kappa shape index (κ2) is 6.95. The number of aryl methyl sites for hydroxylation is 1. The van der Waals surface area contributed by atoms with Crippen LogP contribution in [0.4, 0.5) is 5.69 Å². The number of carbonyl (C=O) groups excluding carboxylic acids is 1. The van der Waals surface area contributed by atoms with Crippen molar-refractivity contribution in [3.05, 3.63) is 70.9 Å². The predicted molar refractivity (Wildman–Crippen MR) is 101 cm³/mol. The first-order chi connectivity index (χ1) is 13.6. The molecule has 4 rings (SSSR count). The van der Waals surface area contributed by atoms with Gasteiger partial charge in [0.2, 0.25) is 5.95 Å². The number of benzene rings is 1. The molecule has 0 aliphatic rings. The molecule has 0 aliphatic heterocycles. The maximum absolute atomic E-state index is 12.5. The molecule has 1 N–H and O–H groups in total. The number of ether oxygens (including phenoxy) is 1. The first-order valence-electron chi connectivity index (χ1n) is 8.31. The van der Waals surface area contributed by atoms with Gasteiger partial charge >= 0.3 is 5.63 Å². The fourth-order valence-corrected chi connectivity index (χ4v) is 2.73. The van der Waals surface area contributed by atoms with E-state index in [2.05, 4.69) is 20.3 Å². The van der Waals surface area contributed by atoms with Crippen LogP contribution in [0.5, 0.6) is 5.75 Å². The zero-order valence-corrected chi connectivity index (χ0v) is 15.0. The highest BCUT2D eigenvalue weighted by Crippen LogP contribution is 2.24. The molecular formula is C19H15N5O4. The normalized spacial score (nSPS) is 10.8. The van der Waals surface area contributed by atoms with Crippen molar-refractivity contribution in [3.63, 3.8) is 0 Å². The third-order valence-electron chi connectivity index (χ3n) is 4.13. The number of hydrogen-bond donors (Lipinski definition) is 1. The number of nitrogens with one attached hydrogen (secondary N) is 1. The molecule has 0 aliphatic carbocycles. The van der Waals surface area contributed by atoms with Crippen LogP contribution in [0.3, 0.4) is 0 Å². The lowest BCUT2D eigenvalue weighted by Gasteiger charge is -2.07. The highest BCUT2D eigenvalue weighted by atomic mass is 16.5. The summed E-state index contributed by atoms with van der Waals surface area (Å²) in [4.78, 5) is 37.3. The summed E-state index contributed by atoms with van der Waals surface area (Å²) in [6.45, 7) is 1.83. The molecule has 0 bridgehead atoms. The van der Waals surface area contributed by atoms with Crippen LogP contribution in [0, 0.1) is 6.92 Å². The largest absolute Gasteiger partial charge is 0.493 e. The molecule has 0 radical (unpaired) electrons. The Labute approximate surface area is 158 Å². The molecule has 28 heavy (non-hydrogen) atoms. The van der Waals surface area contributed by atoms with E-state index < -0.39 is 11.5 Å². The molecule has 140 valence electrons. The second-order valence-corrected chi connectivity index (χ2v) is 5.90. The summed E-state index contributed by atoms with van der Waals surface area (Å²) in [6, 6.07) is 6.60. The number of fused-ring (bicyclic) bond motifs is 1. The molecule has 9 nitrogen and oxygen atoms in total. The molecule has 0 unspecified atom stereocenters. The van der Waals surface area contributed by atoms with Crippen LogP contribution in [0.2, 0.25) is 0 Å². The maximum Gasteiger partial charge on any atom is 0.349 e. The number of imidazole rings is 1. The first-order valence-corrected chi connectivity index (χ1v) is 8.31. The van der Waals surface area contributed by atoms with Crippen molar-refractivity contribution in [3.8, 4) is 11.7 Å². The van der Waals surface area contributed by atoms with Crippen molar-refractivity contribution in [1.82, 2.24) is 19.5 Å². The predicted octanol–water partition coefficient (Wildman–Crippen LogP) is 2.34. The van der Waals surface area contributed by atoms with Gasteiger partial charge in [0.05, 0.1) is 25.2 Å². The molecule has 4 aromatic rings. The molecule has 9 heteroatoms. The SMILES string of the molecule is COc1cccc2cc(C(=O)Nc3cnc(-n4ccnc4C)nc3)c(=O)oc12. The van der Waals surface area contributed by atoms with Gasteiger partial charge in [-0.1, -0.05) is 12.1 Å². The van der Waals surface area contributed by atoms with E-state index in [1.54, 1.807) is 35.2 Å². The Morgan fingerprint density at radius 1 is 1.21 bits per heavy atom. The van der Waals surface area contributed by atoms with E-state index in [4.69, 9.17) is 9.15 Å². The van der Waals surface area contributed by atoms with Gasteiger partial charge in [-0.25, -0.2) is 19.7 Å². The fraction of sp³-hybridized carbons (Fsp3) is 0.105. The molecule has 1 amide bonds. The highest BCUT2D eigenvalue weighted by Gasteiger charge is 2.16. The zero-order valence-electron chi connectivity index (χ0n) is 15.0. The standard InChI is InChI=1S/C19H15N5O4/c1-11-20-6-7-24(11)19-21-9-13(10-22-19)23-17(25)14-8-12-4-3-5-15(27-2)16(12)28-18(14)26/h3-10H,1-2H3,(H,23,25). The maximum atomic E-state index is 12.5. The van der Waals surface area contributed by atoms with Gasteiger partial charge in [0.1, 0.15) is 11.4 Å². The van der Waals surface area contributed by atoms with Gasteiger partial charge in [-0.3, -0.25) is 9.36 Å². The molecule has 0 fully saturated rings. The number of hydrogen-bond acceptors (Lipinski definition) is 7. The summed E-state index contributed by atoms with van der Waals surface area (Å²) in [6.07, 6.45) is 6.27. The van der Waals surface area contributed by atoms with Crippen molar-refractivity contribution in [1.29, 1.82) is 0 Å². The number of nitrogens with zero attached hydrogens (tertiary/aromatic N) is 4. The van der Waals surface area contributed by atoms with E-state index in [0.29, 0.717) is 22.8 Å². The summed E-state index contributed by atoms with van der Waals surface area (Å²) in [5.41, 5.74) is -0.261. The van der Waals surface area contributed by atoms with Gasteiger partial charge in [0.25, 0.3) is 5.91 Å². The minimum Gasteiger partial charge on any atom is -0.493 e. The lowest BCUT2D eigenvalue weighted by atomic mass is 10.1. The van der Waals surface area contributed by atoms with Crippen LogP contribution in [-0.2, 0) is 0 Å². The van der Waals surface area contributed by atoms with Gasteiger partial charge in [-0.05, 0) is 19.1 Å². The van der Waals surface area contributed by atoms with Crippen molar-refractivity contribution < 1.29 is 13.9 Å². The minimum atomic E-state index is -0.763. The highest BCUT2D eigenvalue weighted by molar-refractivity contribution is 6.05. The van der Waals surface area contributed by atoms with Crippen LogP contribution in [0.25, 0.3) is 16.9 Å². The Bertz CT molecular complexity index is 1230. The zero-order chi connectivity index (χ0) is 19.7. The van der Waals surface area contributed by atoms with Gasteiger partial charge in [0, 0.05) is 17.8 Å². The number of carbonyl (C=O) groups is 1. The van der Waals surface area contributed by atoms with Crippen LogP contribution >= 0.6 is 0 Å². The van der Waals surface area contributed by atoms with Crippen molar-refractivity contribution in [2.75, 3.05) is 12.4 Å². The second-order valence-electron chi connectivity index (χ2n) is 5.90. The van der Waals surface area contributed by atoms with E-state index in [1.807, 2.05) is 6.92 Å². The van der Waals surface area contributed by atoms with Gasteiger partial charge in [-0.15, -0.1) is 0 Å². The number of aromatic nitrogens is 4. The van der Waals surface area contributed by atoms with Gasteiger partial charge < -0.3 is 14.5 Å². The van der Waals surface area contributed by atoms with Crippen molar-refractivity contribution >= 4 is 22.6 Å². The van der Waals surface area contributed by atoms with Crippen molar-refractivity contribution in [2.24, 2.45) is 0 Å². The first kappa shape index (κ1) is 17.4. The number of amides is 1. The van der Waals surface area contributed by atoms with E-state index in [9.17, 15) is 9.59 Å². The van der Waals surface area contributed by atoms with Crippen LogP contribution in [-0.4, -0.2) is 32.5 Å². The van der Waals surface area contributed by atoms with Crippen LogP contribution < -0.4 is 15.7 Å². The molecule has 3 heterocycles. The lowest BCUT2D eigenvalue weighted by Crippen LogP contribution is -2.21. The van der Waals surface area contributed by atoms with Crippen LogP contribution in [0.15, 0.2) is 58.3 Å². The molecule has 3 aromatic heterocycles. The Morgan fingerprint density at radius 3 is 2.68 bits per heavy atom. The third kappa shape index (κ3) is 3.09. The quantitative estimate of drug-likeness (QED) is 0.543. The number of rotatable bonds is 4. The van der Waals surface area contributed by atoms with Gasteiger partial charge in [-0.2, -0.15) is 0 Å². The topological polar surface area (TPSA) is 112 Å². The molecule has 0 saturated heterocycles. The summed E-state index contributed by atoms with van der Waals surface area (Å²) in [5.74, 6) is 0.959. The summed E-state index contributed by atoms with van der Waals surface area (Å²) < 4.78 is 12.1. The van der Waals surface area contributed by atoms with Gasteiger partial charge in [0.15, 0.2) is 11.3 Å². The third-order valence-corrected chi connectivity index (χ3v) is 4.13. The molecule has 1 aromatic carbocycles. The van der Waals surface area contributed by atoms with E-state index in [-0.39, 0.29) is 11.1 Å². The summed E-state index contributed by atoms with van der Waals surface area (Å²) >= 11 is 0. The molecule has 0 atom stereocenters. The monoisotopic (exact) mass is 377 g/mol. The Balaban J connectivity index is 1.61. The van der Waals surface area contributed by atoms with E-state index >= 15 is 0 Å². The summed E-state index contributed by atoms with van der Waals surface area (Å²) in [7, 11) is 1.48. The summed E-state index contributed by atoms with van der Waals surface area (Å²) in [5, 5.41) is 3.17. The Morgan fingerprint density at radius 2 is 2.00 bits per heavy atom. The average Bonchev–Trinajstić information content (AvgIpc) is 3.13. The molecule has 0 saturated carbocycles. The van der Waals surface area contributed by atoms with E-state index in [1.165, 1.54) is 25.6 Å². The Hall–Kier alpha value is -4.01. The molecule has 0 spiro atoms. The van der Waals surface area contributed by atoms with E-state index in [0.717, 1.165) is 5.82 Å². The minimum absolute atomic E-state index is 0.129. The van der Waals surface area contributed by atoms with Crippen LogP contribution in [0.1, 0.15) is 16.2 Å².